The van der Waals surface area contributed by atoms with E-state index in [0.717, 1.165) is 16.8 Å². The van der Waals surface area contributed by atoms with Crippen LogP contribution in [0.5, 0.6) is 11.6 Å². The number of aryl methyl sites for hydroxylation is 1. The van der Waals surface area contributed by atoms with Crippen molar-refractivity contribution in [1.29, 1.82) is 0 Å². The quantitative estimate of drug-likeness (QED) is 0.363. The van der Waals surface area contributed by atoms with Gasteiger partial charge in [0.05, 0.1) is 24.9 Å². The summed E-state index contributed by atoms with van der Waals surface area (Å²) in [6, 6.07) is 15.8. The molecule has 0 saturated carbocycles. The van der Waals surface area contributed by atoms with Crippen molar-refractivity contribution in [2.75, 3.05) is 40.0 Å². The topological polar surface area (TPSA) is 69.0 Å². The molecule has 3 rings (SSSR count). The number of nitrogens with zero attached hydrogens (tertiary/aromatic N) is 3. The van der Waals surface area contributed by atoms with Crippen LogP contribution in [0.3, 0.4) is 0 Å². The molecule has 2 aromatic carbocycles. The first-order chi connectivity index (χ1) is 16.9. The second-order valence-electron chi connectivity index (χ2n) is 8.99. The third-order valence-corrected chi connectivity index (χ3v) is 5.39. The first kappa shape index (κ1) is 26.8. The van der Waals surface area contributed by atoms with Gasteiger partial charge in [-0.05, 0) is 30.2 Å². The molecule has 7 nitrogen and oxygen atoms in total. The molecule has 1 heterocycles. The molecule has 1 N–H and O–H groups in total. The summed E-state index contributed by atoms with van der Waals surface area (Å²) in [7, 11) is 3.48. The molecule has 0 bridgehead atoms. The Kier molecular flexibility index (Phi) is 10.2. The zero-order chi connectivity index (χ0) is 25.2. The summed E-state index contributed by atoms with van der Waals surface area (Å²) in [6.07, 6.45) is -0.649. The van der Waals surface area contributed by atoms with E-state index in [0.29, 0.717) is 50.4 Å². The lowest BCUT2D eigenvalue weighted by Gasteiger charge is -2.25. The van der Waals surface area contributed by atoms with E-state index in [1.54, 1.807) is 23.9 Å². The summed E-state index contributed by atoms with van der Waals surface area (Å²) < 4.78 is 32.3. The van der Waals surface area contributed by atoms with Crippen LogP contribution >= 0.6 is 0 Å². The molecule has 0 spiro atoms. The molecule has 0 aliphatic heterocycles. The van der Waals surface area contributed by atoms with E-state index in [1.165, 1.54) is 12.1 Å². The van der Waals surface area contributed by atoms with Crippen LogP contribution < -0.4 is 4.74 Å². The summed E-state index contributed by atoms with van der Waals surface area (Å²) in [5, 5.41) is 15.4. The predicted molar refractivity (Wildman–Crippen MR) is 134 cm³/mol. The number of halogens is 1. The van der Waals surface area contributed by atoms with Crippen LogP contribution in [0, 0.1) is 11.7 Å². The Labute approximate surface area is 207 Å². The van der Waals surface area contributed by atoms with Crippen LogP contribution in [-0.4, -0.2) is 65.9 Å². The highest BCUT2D eigenvalue weighted by Crippen LogP contribution is 2.34. The fourth-order valence-corrected chi connectivity index (χ4v) is 3.73. The molecule has 0 unspecified atom stereocenters. The molecule has 1 aromatic heterocycles. The summed E-state index contributed by atoms with van der Waals surface area (Å²) >= 11 is 0. The third kappa shape index (κ3) is 8.14. The van der Waals surface area contributed by atoms with Gasteiger partial charge in [0.25, 0.3) is 0 Å². The monoisotopic (exact) mass is 485 g/mol. The maximum absolute atomic E-state index is 13.4. The highest BCUT2D eigenvalue weighted by Gasteiger charge is 2.23. The van der Waals surface area contributed by atoms with Crippen molar-refractivity contribution >= 4 is 0 Å². The Morgan fingerprint density at radius 2 is 1.77 bits per heavy atom. The van der Waals surface area contributed by atoms with Gasteiger partial charge in [-0.1, -0.05) is 44.2 Å². The van der Waals surface area contributed by atoms with Gasteiger partial charge < -0.3 is 19.3 Å². The van der Waals surface area contributed by atoms with Gasteiger partial charge in [0.1, 0.15) is 17.3 Å². The third-order valence-electron chi connectivity index (χ3n) is 5.39. The van der Waals surface area contributed by atoms with Gasteiger partial charge in [0.2, 0.25) is 5.88 Å². The average Bonchev–Trinajstić information content (AvgIpc) is 3.14. The lowest BCUT2D eigenvalue weighted by molar-refractivity contribution is 0.00329. The van der Waals surface area contributed by atoms with Gasteiger partial charge in [-0.25, -0.2) is 9.07 Å². The highest BCUT2D eigenvalue weighted by atomic mass is 19.1. The number of benzene rings is 2. The SMILES string of the molecule is COCCN(Cc1c(-c2ccccc2)nn(C)c1Oc1ccc(F)cc1)C[C@@H](O)COCC(C)C. The number of hydrogen-bond donors (Lipinski definition) is 1. The number of aliphatic hydroxyl groups excluding tert-OH is 1. The molecule has 3 aromatic rings. The van der Waals surface area contributed by atoms with Crippen LogP contribution in [0.1, 0.15) is 19.4 Å². The van der Waals surface area contributed by atoms with Crippen molar-refractivity contribution in [3.05, 3.63) is 66.0 Å². The molecule has 0 radical (unpaired) electrons. The zero-order valence-electron chi connectivity index (χ0n) is 21.0. The average molecular weight is 486 g/mol. The Hall–Kier alpha value is -2.78. The molecule has 0 saturated heterocycles. The number of aliphatic hydroxyl groups is 1. The minimum atomic E-state index is -0.649. The first-order valence-electron chi connectivity index (χ1n) is 11.9. The summed E-state index contributed by atoms with van der Waals surface area (Å²) in [6.45, 7) is 7.01. The zero-order valence-corrected chi connectivity index (χ0v) is 21.0. The van der Waals surface area contributed by atoms with Crippen molar-refractivity contribution in [1.82, 2.24) is 14.7 Å². The number of hydrogen-bond acceptors (Lipinski definition) is 6. The van der Waals surface area contributed by atoms with Gasteiger partial charge in [-0.2, -0.15) is 5.10 Å². The van der Waals surface area contributed by atoms with Crippen molar-refractivity contribution in [3.63, 3.8) is 0 Å². The molecule has 0 amide bonds. The van der Waals surface area contributed by atoms with E-state index in [1.807, 2.05) is 37.4 Å². The molecule has 0 fully saturated rings. The Morgan fingerprint density at radius 1 is 1.06 bits per heavy atom. The molecule has 1 atom stereocenters. The lowest BCUT2D eigenvalue weighted by Crippen LogP contribution is -2.37. The standard InChI is InChI=1S/C27H36FN3O4/c1-20(2)18-34-19-23(32)16-31(14-15-33-4)17-25-26(21-8-6-5-7-9-21)29-30(3)27(25)35-24-12-10-22(28)11-13-24/h5-13,20,23,32H,14-19H2,1-4H3/t23-/m1/s1. The summed E-state index contributed by atoms with van der Waals surface area (Å²) in [5.41, 5.74) is 2.62. The fraction of sp³-hybridized carbons (Fsp3) is 0.444. The molecular weight excluding hydrogens is 449 g/mol. The molecule has 0 aliphatic carbocycles. The van der Waals surface area contributed by atoms with Crippen molar-refractivity contribution < 1.29 is 23.7 Å². The minimum absolute atomic E-state index is 0.263. The normalized spacial score (nSPS) is 12.5. The number of methoxy groups -OCH3 is 1. The van der Waals surface area contributed by atoms with E-state index < -0.39 is 6.10 Å². The maximum Gasteiger partial charge on any atom is 0.222 e. The lowest BCUT2D eigenvalue weighted by atomic mass is 10.1. The molecule has 8 heteroatoms. The van der Waals surface area contributed by atoms with Crippen molar-refractivity contribution in [2.45, 2.75) is 26.5 Å². The van der Waals surface area contributed by atoms with Crippen molar-refractivity contribution in [2.24, 2.45) is 13.0 Å². The smallest absolute Gasteiger partial charge is 0.222 e. The molecular formula is C27H36FN3O4. The minimum Gasteiger partial charge on any atom is -0.439 e. The molecule has 35 heavy (non-hydrogen) atoms. The van der Waals surface area contributed by atoms with E-state index in [9.17, 15) is 9.50 Å². The summed E-state index contributed by atoms with van der Waals surface area (Å²) in [5.74, 6) is 1.15. The Bertz CT molecular complexity index is 1020. The van der Waals surface area contributed by atoms with Gasteiger partial charge in [0.15, 0.2) is 0 Å². The molecule has 190 valence electrons. The van der Waals surface area contributed by atoms with Crippen LogP contribution in [0.2, 0.25) is 0 Å². The number of aromatic nitrogens is 2. The van der Waals surface area contributed by atoms with Gasteiger partial charge in [-0.15, -0.1) is 0 Å². The largest absolute Gasteiger partial charge is 0.439 e. The second-order valence-corrected chi connectivity index (χ2v) is 8.99. The van der Waals surface area contributed by atoms with Gasteiger partial charge in [-0.3, -0.25) is 4.90 Å². The molecule has 0 aliphatic rings. The van der Waals surface area contributed by atoms with Gasteiger partial charge >= 0.3 is 0 Å². The Balaban J connectivity index is 1.89. The number of rotatable bonds is 14. The summed E-state index contributed by atoms with van der Waals surface area (Å²) in [4.78, 5) is 2.11. The van der Waals surface area contributed by atoms with E-state index in [2.05, 4.69) is 18.7 Å². The number of ether oxygens (including phenoxy) is 3. The van der Waals surface area contributed by atoms with Crippen LogP contribution in [-0.2, 0) is 23.1 Å². The highest BCUT2D eigenvalue weighted by molar-refractivity contribution is 5.65. The van der Waals surface area contributed by atoms with Crippen LogP contribution in [0.25, 0.3) is 11.3 Å². The maximum atomic E-state index is 13.4. The van der Waals surface area contributed by atoms with Crippen LogP contribution in [0.4, 0.5) is 4.39 Å². The second kappa shape index (κ2) is 13.3. The Morgan fingerprint density at radius 3 is 2.43 bits per heavy atom. The fourth-order valence-electron chi connectivity index (χ4n) is 3.73. The van der Waals surface area contributed by atoms with Crippen LogP contribution in [0.15, 0.2) is 54.6 Å². The van der Waals surface area contributed by atoms with Crippen molar-refractivity contribution in [3.8, 4) is 22.9 Å². The van der Waals surface area contributed by atoms with Gasteiger partial charge in [0, 0.05) is 46.0 Å². The van der Waals surface area contributed by atoms with E-state index in [4.69, 9.17) is 19.3 Å². The predicted octanol–water partition coefficient (Wildman–Crippen LogP) is 4.50. The first-order valence-corrected chi connectivity index (χ1v) is 11.9. The van der Waals surface area contributed by atoms with E-state index in [-0.39, 0.29) is 12.4 Å². The van der Waals surface area contributed by atoms with E-state index >= 15 is 0 Å².